The van der Waals surface area contributed by atoms with Crippen LogP contribution in [0.25, 0.3) is 21.5 Å². The Morgan fingerprint density at radius 1 is 1.52 bits per heavy atom. The fourth-order valence-corrected chi connectivity index (χ4v) is 3.89. The Hall–Kier alpha value is -2.06. The molecule has 120 valence electrons. The van der Waals surface area contributed by atoms with Crippen LogP contribution < -0.4 is 5.56 Å². The molecule has 23 heavy (non-hydrogen) atoms. The first-order valence-corrected chi connectivity index (χ1v) is 8.80. The maximum atomic E-state index is 12.3. The number of aromatic nitrogens is 2. The fourth-order valence-electron chi connectivity index (χ4n) is 2.10. The number of furan rings is 1. The molecule has 0 aliphatic rings. The van der Waals surface area contributed by atoms with Crippen molar-refractivity contribution in [3.05, 3.63) is 34.1 Å². The van der Waals surface area contributed by atoms with Gasteiger partial charge in [-0.25, -0.2) is 4.98 Å². The van der Waals surface area contributed by atoms with Crippen LogP contribution in [-0.4, -0.2) is 28.8 Å². The third-order valence-corrected chi connectivity index (χ3v) is 5.03. The van der Waals surface area contributed by atoms with Crippen LogP contribution in [0.5, 0.6) is 0 Å². The van der Waals surface area contributed by atoms with Crippen molar-refractivity contribution < 1.29 is 13.9 Å². The molecule has 3 rings (SSSR count). The van der Waals surface area contributed by atoms with Gasteiger partial charge in [-0.1, -0.05) is 11.8 Å². The van der Waals surface area contributed by atoms with Crippen molar-refractivity contribution in [3.8, 4) is 11.3 Å². The number of thioether (sulfide) groups is 1. The lowest BCUT2D eigenvalue weighted by atomic mass is 10.2. The average Bonchev–Trinajstić information content (AvgIpc) is 3.20. The van der Waals surface area contributed by atoms with Gasteiger partial charge in [-0.3, -0.25) is 9.59 Å². The number of ether oxygens (including phenoxy) is 1. The number of H-pyrrole nitrogens is 1. The SMILES string of the molecule is COC(=O)CCCSc1nc2scc(-c3ccco3)c2c(=O)[nH]1. The van der Waals surface area contributed by atoms with Gasteiger partial charge in [0.2, 0.25) is 0 Å². The van der Waals surface area contributed by atoms with Crippen LogP contribution in [0.4, 0.5) is 0 Å². The zero-order chi connectivity index (χ0) is 16.2. The number of fused-ring (bicyclic) bond motifs is 1. The summed E-state index contributed by atoms with van der Waals surface area (Å²) in [5.74, 6) is 1.10. The minimum absolute atomic E-state index is 0.182. The molecule has 0 atom stereocenters. The quantitative estimate of drug-likeness (QED) is 0.318. The van der Waals surface area contributed by atoms with E-state index in [0.717, 1.165) is 5.56 Å². The van der Waals surface area contributed by atoms with Crippen molar-refractivity contribution in [3.63, 3.8) is 0 Å². The molecule has 6 nitrogen and oxygen atoms in total. The first kappa shape index (κ1) is 15.8. The number of nitrogens with zero attached hydrogens (tertiary/aromatic N) is 1. The van der Waals surface area contributed by atoms with Gasteiger partial charge in [-0.05, 0) is 18.6 Å². The Labute approximate surface area is 139 Å². The van der Waals surface area contributed by atoms with Gasteiger partial charge in [0, 0.05) is 23.1 Å². The van der Waals surface area contributed by atoms with Crippen molar-refractivity contribution >= 4 is 39.3 Å². The lowest BCUT2D eigenvalue weighted by molar-refractivity contribution is -0.140. The van der Waals surface area contributed by atoms with Crippen LogP contribution >= 0.6 is 23.1 Å². The van der Waals surface area contributed by atoms with E-state index in [2.05, 4.69) is 14.7 Å². The van der Waals surface area contributed by atoms with Gasteiger partial charge in [0.15, 0.2) is 5.16 Å². The summed E-state index contributed by atoms with van der Waals surface area (Å²) >= 11 is 2.83. The van der Waals surface area contributed by atoms with Crippen molar-refractivity contribution in [2.45, 2.75) is 18.0 Å². The monoisotopic (exact) mass is 350 g/mol. The predicted octanol–water partition coefficient (Wildman–Crippen LogP) is 3.29. The second-order valence-corrected chi connectivity index (χ2v) is 6.65. The number of thiophene rings is 1. The minimum atomic E-state index is -0.233. The second kappa shape index (κ2) is 7.01. The highest BCUT2D eigenvalue weighted by Gasteiger charge is 2.14. The minimum Gasteiger partial charge on any atom is -0.469 e. The summed E-state index contributed by atoms with van der Waals surface area (Å²) in [6, 6.07) is 3.60. The first-order valence-electron chi connectivity index (χ1n) is 6.94. The molecule has 0 saturated heterocycles. The fraction of sp³-hybridized carbons (Fsp3) is 0.267. The number of carbonyl (C=O) groups excluding carboxylic acids is 1. The van der Waals surface area contributed by atoms with E-state index in [1.165, 1.54) is 30.2 Å². The zero-order valence-corrected chi connectivity index (χ0v) is 14.0. The molecule has 1 N–H and O–H groups in total. The van der Waals surface area contributed by atoms with Crippen LogP contribution in [0.15, 0.2) is 38.1 Å². The lowest BCUT2D eigenvalue weighted by Gasteiger charge is -2.01. The summed E-state index contributed by atoms with van der Waals surface area (Å²) in [4.78, 5) is 31.3. The normalized spacial score (nSPS) is 11.0. The molecule has 8 heteroatoms. The van der Waals surface area contributed by atoms with Crippen LogP contribution in [0.2, 0.25) is 0 Å². The molecule has 3 aromatic heterocycles. The Bertz CT molecular complexity index is 867. The van der Waals surface area contributed by atoms with E-state index in [0.29, 0.717) is 39.7 Å². The number of aromatic amines is 1. The van der Waals surface area contributed by atoms with Gasteiger partial charge in [0.05, 0.1) is 18.8 Å². The third-order valence-electron chi connectivity index (χ3n) is 3.20. The van der Waals surface area contributed by atoms with Crippen LogP contribution in [0.1, 0.15) is 12.8 Å². The number of esters is 1. The molecule has 0 aromatic carbocycles. The summed E-state index contributed by atoms with van der Waals surface area (Å²) < 4.78 is 9.95. The number of nitrogens with one attached hydrogen (secondary N) is 1. The van der Waals surface area contributed by atoms with Crippen molar-refractivity contribution in [2.75, 3.05) is 12.9 Å². The van der Waals surface area contributed by atoms with Crippen LogP contribution in [0, 0.1) is 0 Å². The molecule has 0 fully saturated rings. The second-order valence-electron chi connectivity index (χ2n) is 4.71. The molecule has 3 heterocycles. The van der Waals surface area contributed by atoms with Gasteiger partial charge in [0.25, 0.3) is 5.56 Å². The Morgan fingerprint density at radius 3 is 3.13 bits per heavy atom. The lowest BCUT2D eigenvalue weighted by Crippen LogP contribution is -2.08. The van der Waals surface area contributed by atoms with Crippen LogP contribution in [0.3, 0.4) is 0 Å². The van der Waals surface area contributed by atoms with E-state index in [1.54, 1.807) is 12.3 Å². The zero-order valence-electron chi connectivity index (χ0n) is 12.3. The van der Waals surface area contributed by atoms with E-state index in [9.17, 15) is 9.59 Å². The van der Waals surface area contributed by atoms with E-state index < -0.39 is 0 Å². The number of methoxy groups -OCH3 is 1. The maximum absolute atomic E-state index is 12.3. The number of rotatable bonds is 6. The molecule has 3 aromatic rings. The topological polar surface area (TPSA) is 85.2 Å². The molecule has 0 aliphatic heterocycles. The summed E-state index contributed by atoms with van der Waals surface area (Å²) in [5.41, 5.74) is 0.573. The van der Waals surface area contributed by atoms with Crippen molar-refractivity contribution in [1.82, 2.24) is 9.97 Å². The van der Waals surface area contributed by atoms with E-state index >= 15 is 0 Å². The van der Waals surface area contributed by atoms with Crippen molar-refractivity contribution in [1.29, 1.82) is 0 Å². The number of carbonyl (C=O) groups is 1. The molecular formula is C15H14N2O4S2. The van der Waals surface area contributed by atoms with Gasteiger partial charge >= 0.3 is 5.97 Å². The first-order chi connectivity index (χ1) is 11.2. The Morgan fingerprint density at radius 2 is 2.39 bits per heavy atom. The number of hydrogen-bond donors (Lipinski definition) is 1. The summed E-state index contributed by atoms with van der Waals surface area (Å²) in [7, 11) is 1.37. The molecule has 0 radical (unpaired) electrons. The highest BCUT2D eigenvalue weighted by Crippen LogP contribution is 2.31. The highest BCUT2D eigenvalue weighted by molar-refractivity contribution is 7.99. The van der Waals surface area contributed by atoms with Gasteiger partial charge in [-0.15, -0.1) is 11.3 Å². The van der Waals surface area contributed by atoms with E-state index in [4.69, 9.17) is 4.42 Å². The van der Waals surface area contributed by atoms with Gasteiger partial charge < -0.3 is 14.1 Å². The average molecular weight is 350 g/mol. The Balaban J connectivity index is 1.77. The maximum Gasteiger partial charge on any atom is 0.305 e. The Kier molecular flexibility index (Phi) is 4.82. The number of hydrogen-bond acceptors (Lipinski definition) is 7. The standard InChI is InChI=1S/C15H14N2O4S2/c1-20-11(18)5-3-7-22-15-16-13(19)12-9(8-23-14(12)17-15)10-4-2-6-21-10/h2,4,6,8H,3,5,7H2,1H3,(H,16,17,19). The molecular weight excluding hydrogens is 336 g/mol. The summed E-state index contributed by atoms with van der Waals surface area (Å²) in [5, 5.41) is 2.97. The molecule has 0 bridgehead atoms. The molecule has 0 saturated carbocycles. The summed E-state index contributed by atoms with van der Waals surface area (Å²) in [6.45, 7) is 0. The van der Waals surface area contributed by atoms with Crippen molar-refractivity contribution in [2.24, 2.45) is 0 Å². The third kappa shape index (κ3) is 3.48. The summed E-state index contributed by atoms with van der Waals surface area (Å²) in [6.07, 6.45) is 2.60. The van der Waals surface area contributed by atoms with Gasteiger partial charge in [-0.2, -0.15) is 0 Å². The highest BCUT2D eigenvalue weighted by atomic mass is 32.2. The van der Waals surface area contributed by atoms with Gasteiger partial charge in [0.1, 0.15) is 10.6 Å². The predicted molar refractivity (Wildman–Crippen MR) is 89.9 cm³/mol. The molecule has 0 unspecified atom stereocenters. The molecule has 0 spiro atoms. The van der Waals surface area contributed by atoms with Crippen LogP contribution in [-0.2, 0) is 9.53 Å². The largest absolute Gasteiger partial charge is 0.469 e. The molecule has 0 aliphatic carbocycles. The van der Waals surface area contributed by atoms with E-state index in [1.807, 2.05) is 11.4 Å². The molecule has 0 amide bonds. The smallest absolute Gasteiger partial charge is 0.305 e. The van der Waals surface area contributed by atoms with E-state index in [-0.39, 0.29) is 11.5 Å².